The van der Waals surface area contributed by atoms with Crippen LogP contribution in [0.5, 0.6) is 0 Å². The van der Waals surface area contributed by atoms with Crippen LogP contribution in [0.25, 0.3) is 5.69 Å². The minimum Gasteiger partial charge on any atom is -0.336 e. The second-order valence-electron chi connectivity index (χ2n) is 7.41. The number of aromatic nitrogens is 2. The van der Waals surface area contributed by atoms with Crippen molar-refractivity contribution >= 4 is 21.8 Å². The van der Waals surface area contributed by atoms with Crippen molar-refractivity contribution in [2.24, 2.45) is 0 Å². The lowest BCUT2D eigenvalue weighted by Crippen LogP contribution is -2.48. The fourth-order valence-electron chi connectivity index (χ4n) is 3.68. The predicted octanol–water partition coefficient (Wildman–Crippen LogP) is 3.77. The molecule has 4 rings (SSSR count). The Hall–Kier alpha value is -2.95. The Kier molecular flexibility index (Phi) is 5.98. The highest BCUT2D eigenvalue weighted by Gasteiger charge is 2.25. The van der Waals surface area contributed by atoms with Crippen LogP contribution in [0, 0.1) is 18.3 Å². The third kappa shape index (κ3) is 4.30. The first kappa shape index (κ1) is 20.3. The van der Waals surface area contributed by atoms with Crippen molar-refractivity contribution in [1.29, 1.82) is 5.26 Å². The van der Waals surface area contributed by atoms with Crippen LogP contribution in [0.15, 0.2) is 59.2 Å². The highest BCUT2D eigenvalue weighted by atomic mass is 79.9. The summed E-state index contributed by atoms with van der Waals surface area (Å²) in [4.78, 5) is 17.3. The summed E-state index contributed by atoms with van der Waals surface area (Å²) in [6.45, 7) is 5.80. The first-order chi connectivity index (χ1) is 14.5. The topological polar surface area (TPSA) is 65.2 Å². The molecule has 3 aromatic rings. The van der Waals surface area contributed by atoms with Crippen LogP contribution >= 0.6 is 15.9 Å². The van der Waals surface area contributed by atoms with Crippen LogP contribution < -0.4 is 0 Å². The van der Waals surface area contributed by atoms with Gasteiger partial charge < -0.3 is 4.90 Å². The van der Waals surface area contributed by atoms with Gasteiger partial charge >= 0.3 is 0 Å². The molecule has 1 aromatic heterocycles. The highest BCUT2D eigenvalue weighted by Crippen LogP contribution is 2.19. The van der Waals surface area contributed by atoms with E-state index in [9.17, 15) is 4.79 Å². The first-order valence-corrected chi connectivity index (χ1v) is 10.7. The smallest absolute Gasteiger partial charge is 0.257 e. The molecule has 0 atom stereocenters. The Morgan fingerprint density at radius 1 is 1.07 bits per heavy atom. The summed E-state index contributed by atoms with van der Waals surface area (Å²) in [6.07, 6.45) is 1.67. The van der Waals surface area contributed by atoms with E-state index in [0.29, 0.717) is 24.2 Å². The van der Waals surface area contributed by atoms with Gasteiger partial charge in [-0.2, -0.15) is 10.4 Å². The zero-order valence-electron chi connectivity index (χ0n) is 16.8. The molecule has 1 aliphatic heterocycles. The van der Waals surface area contributed by atoms with Crippen molar-refractivity contribution in [2.75, 3.05) is 26.2 Å². The highest BCUT2D eigenvalue weighted by molar-refractivity contribution is 9.10. The van der Waals surface area contributed by atoms with E-state index >= 15 is 0 Å². The summed E-state index contributed by atoms with van der Waals surface area (Å²) >= 11 is 3.44. The van der Waals surface area contributed by atoms with Gasteiger partial charge in [-0.05, 0) is 48.9 Å². The van der Waals surface area contributed by atoms with Gasteiger partial charge in [-0.25, -0.2) is 4.68 Å². The molecule has 0 unspecified atom stereocenters. The molecule has 152 valence electrons. The number of amides is 1. The summed E-state index contributed by atoms with van der Waals surface area (Å²) < 4.78 is 2.81. The second-order valence-corrected chi connectivity index (χ2v) is 8.32. The lowest BCUT2D eigenvalue weighted by Gasteiger charge is -2.34. The zero-order valence-corrected chi connectivity index (χ0v) is 18.3. The van der Waals surface area contributed by atoms with Gasteiger partial charge in [-0.3, -0.25) is 9.69 Å². The minimum absolute atomic E-state index is 0.0360. The van der Waals surface area contributed by atoms with Crippen molar-refractivity contribution in [3.05, 3.63) is 81.6 Å². The Balaban J connectivity index is 1.38. The molecule has 6 nitrogen and oxygen atoms in total. The number of piperazine rings is 1. The molecule has 0 N–H and O–H groups in total. The van der Waals surface area contributed by atoms with E-state index in [4.69, 9.17) is 5.26 Å². The monoisotopic (exact) mass is 463 g/mol. The zero-order chi connectivity index (χ0) is 21.1. The van der Waals surface area contributed by atoms with E-state index in [2.05, 4.69) is 32.0 Å². The van der Waals surface area contributed by atoms with Crippen LogP contribution in [-0.2, 0) is 6.54 Å². The molecule has 0 radical (unpaired) electrons. The summed E-state index contributed by atoms with van der Waals surface area (Å²) in [6, 6.07) is 17.7. The second kappa shape index (κ2) is 8.82. The molecule has 0 bridgehead atoms. The maximum Gasteiger partial charge on any atom is 0.257 e. The van der Waals surface area contributed by atoms with Gasteiger partial charge in [0, 0.05) is 37.2 Å². The molecule has 1 aliphatic rings. The SMILES string of the molecule is Cc1c(C(=O)N2CCN(Cc3ccc(C#N)cc3)CC2)cnn1-c1ccc(Br)cc1. The van der Waals surface area contributed by atoms with Gasteiger partial charge in [0.1, 0.15) is 0 Å². The molecule has 1 amide bonds. The Morgan fingerprint density at radius 3 is 2.37 bits per heavy atom. The molecular weight excluding hydrogens is 442 g/mol. The summed E-state index contributed by atoms with van der Waals surface area (Å²) in [5, 5.41) is 13.4. The number of benzene rings is 2. The molecule has 30 heavy (non-hydrogen) atoms. The number of nitrogens with zero attached hydrogens (tertiary/aromatic N) is 5. The van der Waals surface area contributed by atoms with E-state index < -0.39 is 0 Å². The van der Waals surface area contributed by atoms with E-state index in [1.165, 1.54) is 5.56 Å². The number of hydrogen-bond donors (Lipinski definition) is 0. The molecule has 1 saturated heterocycles. The van der Waals surface area contributed by atoms with Gasteiger partial charge in [0.2, 0.25) is 0 Å². The number of carbonyl (C=O) groups excluding carboxylic acids is 1. The van der Waals surface area contributed by atoms with Crippen LogP contribution in [0.2, 0.25) is 0 Å². The average Bonchev–Trinajstić information content (AvgIpc) is 3.16. The fourth-order valence-corrected chi connectivity index (χ4v) is 3.95. The Morgan fingerprint density at radius 2 is 1.73 bits per heavy atom. The van der Waals surface area contributed by atoms with Crippen LogP contribution in [0.4, 0.5) is 0 Å². The summed E-state index contributed by atoms with van der Waals surface area (Å²) in [5.41, 5.74) is 4.29. The third-order valence-electron chi connectivity index (χ3n) is 5.46. The van der Waals surface area contributed by atoms with Crippen LogP contribution in [0.1, 0.15) is 27.2 Å². The van der Waals surface area contributed by atoms with Gasteiger partial charge in [-0.1, -0.05) is 28.1 Å². The maximum atomic E-state index is 13.1. The molecule has 2 aromatic carbocycles. The van der Waals surface area contributed by atoms with Crippen molar-refractivity contribution in [3.8, 4) is 11.8 Å². The minimum atomic E-state index is 0.0360. The Bertz CT molecular complexity index is 1070. The number of nitriles is 1. The van der Waals surface area contributed by atoms with E-state index in [1.807, 2.05) is 60.4 Å². The lowest BCUT2D eigenvalue weighted by atomic mass is 10.1. The molecule has 0 saturated carbocycles. The van der Waals surface area contributed by atoms with Gasteiger partial charge in [0.05, 0.1) is 34.8 Å². The summed E-state index contributed by atoms with van der Waals surface area (Å²) in [5.74, 6) is 0.0360. The maximum absolute atomic E-state index is 13.1. The molecule has 7 heteroatoms. The number of carbonyl (C=O) groups is 1. The van der Waals surface area contributed by atoms with Crippen molar-refractivity contribution in [2.45, 2.75) is 13.5 Å². The van der Waals surface area contributed by atoms with E-state index in [1.54, 1.807) is 10.9 Å². The largest absolute Gasteiger partial charge is 0.336 e. The van der Waals surface area contributed by atoms with Crippen molar-refractivity contribution in [3.63, 3.8) is 0 Å². The first-order valence-electron chi connectivity index (χ1n) is 9.86. The molecule has 2 heterocycles. The fraction of sp³-hybridized carbons (Fsp3) is 0.261. The normalized spacial score (nSPS) is 14.5. The quantitative estimate of drug-likeness (QED) is 0.590. The summed E-state index contributed by atoms with van der Waals surface area (Å²) in [7, 11) is 0. The van der Waals surface area contributed by atoms with Gasteiger partial charge in [-0.15, -0.1) is 0 Å². The van der Waals surface area contributed by atoms with Crippen molar-refractivity contribution in [1.82, 2.24) is 19.6 Å². The van der Waals surface area contributed by atoms with E-state index in [-0.39, 0.29) is 5.91 Å². The number of halogens is 1. The third-order valence-corrected chi connectivity index (χ3v) is 5.99. The average molecular weight is 464 g/mol. The van der Waals surface area contributed by atoms with Crippen LogP contribution in [0.3, 0.4) is 0 Å². The molecular formula is C23H22BrN5O. The standard InChI is InChI=1S/C23H22BrN5O/c1-17-22(15-26-29(17)21-8-6-20(24)7-9-21)23(30)28-12-10-27(11-13-28)16-19-4-2-18(14-25)3-5-19/h2-9,15H,10-13,16H2,1H3. The van der Waals surface area contributed by atoms with Gasteiger partial charge in [0.15, 0.2) is 0 Å². The molecule has 0 aliphatic carbocycles. The van der Waals surface area contributed by atoms with Gasteiger partial charge in [0.25, 0.3) is 5.91 Å². The predicted molar refractivity (Wildman–Crippen MR) is 118 cm³/mol. The number of hydrogen-bond acceptors (Lipinski definition) is 4. The van der Waals surface area contributed by atoms with Crippen molar-refractivity contribution < 1.29 is 4.79 Å². The Labute approximate surface area is 184 Å². The number of rotatable bonds is 4. The van der Waals surface area contributed by atoms with Crippen LogP contribution in [-0.4, -0.2) is 51.7 Å². The lowest BCUT2D eigenvalue weighted by molar-refractivity contribution is 0.0627. The molecule has 0 spiro atoms. The van der Waals surface area contributed by atoms with E-state index in [0.717, 1.165) is 35.5 Å². The molecule has 1 fully saturated rings.